The Morgan fingerprint density at radius 2 is 1.94 bits per heavy atom. The van der Waals surface area contributed by atoms with Crippen LogP contribution in [0.25, 0.3) is 21.9 Å². The molecule has 5 atom stereocenters. The zero-order valence-corrected chi connectivity index (χ0v) is 27.9. The third-order valence-electron chi connectivity index (χ3n) is 7.16. The molecule has 1 saturated heterocycles. The Hall–Kier alpha value is -3.91. The molecule has 0 saturated carbocycles. The number of nitrogens with one attached hydrogen (secondary N) is 1. The summed E-state index contributed by atoms with van der Waals surface area (Å²) in [5.41, 5.74) is 3.43. The number of fused-ring (bicyclic) bond motifs is 2. The summed E-state index contributed by atoms with van der Waals surface area (Å²) < 4.78 is 75.9. The normalized spacial score (nSPS) is 23.4. The molecule has 0 radical (unpaired) electrons. The van der Waals surface area contributed by atoms with Crippen molar-refractivity contribution in [3.8, 4) is 11.6 Å². The van der Waals surface area contributed by atoms with E-state index < -0.39 is 50.5 Å². The molecule has 1 aliphatic rings. The van der Waals surface area contributed by atoms with Crippen molar-refractivity contribution in [1.29, 1.82) is 0 Å². The Morgan fingerprint density at radius 1 is 1.21 bits per heavy atom. The lowest BCUT2D eigenvalue weighted by Gasteiger charge is -2.27. The number of nitrogen functional groups attached to an aromatic ring is 1. The van der Waals surface area contributed by atoms with E-state index in [9.17, 15) is 9.36 Å². The molecule has 3 N–H and O–H groups in total. The lowest BCUT2D eigenvalue weighted by molar-refractivity contribution is -0.177. The number of anilines is 1. The van der Waals surface area contributed by atoms with Crippen molar-refractivity contribution >= 4 is 41.6 Å². The fourth-order valence-corrected chi connectivity index (χ4v) is 6.63. The second-order valence-electron chi connectivity index (χ2n) is 12.8. The largest absolute Gasteiger partial charge is 0.476 e. The number of esters is 1. The van der Waals surface area contributed by atoms with E-state index in [0.717, 1.165) is 12.3 Å². The van der Waals surface area contributed by atoms with Crippen molar-refractivity contribution in [2.24, 2.45) is 5.41 Å². The maximum atomic E-state index is 16.4. The molecule has 13 nitrogen and oxygen atoms in total. The van der Waals surface area contributed by atoms with Crippen LogP contribution in [-0.4, -0.2) is 62.9 Å². The Morgan fingerprint density at radius 3 is 2.66 bits per heavy atom. The van der Waals surface area contributed by atoms with Crippen LogP contribution >= 0.6 is 7.75 Å². The highest BCUT2D eigenvalue weighted by Crippen LogP contribution is 2.52. The molecule has 47 heavy (non-hydrogen) atoms. The van der Waals surface area contributed by atoms with Gasteiger partial charge in [-0.25, -0.2) is 18.3 Å². The van der Waals surface area contributed by atoms with Crippen LogP contribution in [0.1, 0.15) is 54.2 Å². The number of carbonyl (C=O) groups excluding carboxylic acids is 1. The summed E-state index contributed by atoms with van der Waals surface area (Å²) in [5.74, 6) is -3.47. The number of ether oxygens (including phenoxy) is 3. The smallest absolute Gasteiger partial charge is 0.459 e. The molecule has 254 valence electrons. The monoisotopic (exact) mass is 676 g/mol. The first kappa shape index (κ1) is 34.4. The van der Waals surface area contributed by atoms with Crippen molar-refractivity contribution in [3.05, 3.63) is 48.8 Å². The Balaban J connectivity index is 1.41. The number of alkyl halides is 2. The van der Waals surface area contributed by atoms with E-state index in [-0.39, 0.29) is 47.4 Å². The van der Waals surface area contributed by atoms with Gasteiger partial charge in [-0.2, -0.15) is 15.1 Å². The number of hydrogen-bond acceptors (Lipinski definition) is 11. The standard InChI is InChI=1S/C31H39F2N6O7P/c1-7-42-25-23-24(36-28(34)37-25)39(18-35-23)27-30(6,32)15-31(33,45-27)17-44-47(41,38-19(2)26(40)43-16-29(3,4)5)46-22-14-10-12-20-11-8-9-13-21(20)22/h8-14,18-19,27H,7,15-17H2,1-6H3,(H,38,41)(H2,34,36,37)/t19?,27-,30-,31+,47?/m1/s1. The van der Waals surface area contributed by atoms with Crippen LogP contribution < -0.4 is 20.1 Å². The molecular formula is C31H39F2N6O7P. The van der Waals surface area contributed by atoms with Crippen molar-refractivity contribution in [3.63, 3.8) is 0 Å². The number of hydrogen-bond donors (Lipinski definition) is 2. The van der Waals surface area contributed by atoms with Crippen LogP contribution in [0, 0.1) is 5.41 Å². The van der Waals surface area contributed by atoms with Crippen molar-refractivity contribution in [1.82, 2.24) is 24.6 Å². The summed E-state index contributed by atoms with van der Waals surface area (Å²) >= 11 is 0. The molecular weight excluding hydrogens is 637 g/mol. The predicted molar refractivity (Wildman–Crippen MR) is 170 cm³/mol. The van der Waals surface area contributed by atoms with Crippen molar-refractivity contribution < 1.29 is 41.4 Å². The lowest BCUT2D eigenvalue weighted by atomic mass is 9.99. The van der Waals surface area contributed by atoms with Gasteiger partial charge in [-0.1, -0.05) is 57.2 Å². The quantitative estimate of drug-likeness (QED) is 0.132. The van der Waals surface area contributed by atoms with Gasteiger partial charge in [0, 0.05) is 11.8 Å². The average molecular weight is 677 g/mol. The number of aromatic nitrogens is 4. The van der Waals surface area contributed by atoms with Gasteiger partial charge in [0.15, 0.2) is 23.1 Å². The van der Waals surface area contributed by atoms with Gasteiger partial charge < -0.3 is 24.5 Å². The zero-order valence-electron chi connectivity index (χ0n) is 27.0. The summed E-state index contributed by atoms with van der Waals surface area (Å²) in [6, 6.07) is 11.0. The van der Waals surface area contributed by atoms with E-state index in [1.807, 2.05) is 39.0 Å². The number of rotatable bonds is 12. The number of halogens is 2. The van der Waals surface area contributed by atoms with E-state index >= 15 is 8.78 Å². The molecule has 2 unspecified atom stereocenters. The van der Waals surface area contributed by atoms with E-state index in [4.69, 9.17) is 29.0 Å². The fourth-order valence-electron chi connectivity index (χ4n) is 5.09. The first-order valence-corrected chi connectivity index (χ1v) is 16.6. The van der Waals surface area contributed by atoms with Gasteiger partial charge in [0.2, 0.25) is 17.7 Å². The fraction of sp³-hybridized carbons (Fsp3) is 0.484. The second kappa shape index (κ2) is 12.9. The molecule has 1 fully saturated rings. The summed E-state index contributed by atoms with van der Waals surface area (Å²) in [5, 5.41) is 3.92. The first-order valence-electron chi connectivity index (χ1n) is 15.1. The van der Waals surface area contributed by atoms with E-state index in [2.05, 4.69) is 20.0 Å². The van der Waals surface area contributed by atoms with Gasteiger partial charge in [0.05, 0.1) is 19.5 Å². The molecule has 4 aromatic rings. The summed E-state index contributed by atoms with van der Waals surface area (Å²) in [4.78, 5) is 25.2. The lowest BCUT2D eigenvalue weighted by Crippen LogP contribution is -2.38. The molecule has 0 aliphatic carbocycles. The zero-order chi connectivity index (χ0) is 34.2. The van der Waals surface area contributed by atoms with Gasteiger partial charge in [0.25, 0.3) is 0 Å². The Bertz CT molecular complexity index is 1810. The van der Waals surface area contributed by atoms with E-state index in [0.29, 0.717) is 5.39 Å². The maximum Gasteiger partial charge on any atom is 0.459 e. The van der Waals surface area contributed by atoms with E-state index in [1.54, 1.807) is 31.2 Å². The summed E-state index contributed by atoms with van der Waals surface area (Å²) in [7, 11) is -4.56. The molecule has 0 spiro atoms. The van der Waals surface area contributed by atoms with Crippen LogP contribution in [0.4, 0.5) is 14.7 Å². The van der Waals surface area contributed by atoms with Gasteiger partial charge in [-0.3, -0.25) is 13.9 Å². The number of carbonyl (C=O) groups is 1. The molecule has 2 aromatic heterocycles. The Kier molecular flexibility index (Phi) is 9.48. The summed E-state index contributed by atoms with van der Waals surface area (Å²) in [6.45, 7) is 9.27. The molecule has 5 rings (SSSR count). The van der Waals surface area contributed by atoms with Gasteiger partial charge >= 0.3 is 13.7 Å². The molecule has 16 heteroatoms. The van der Waals surface area contributed by atoms with Crippen molar-refractivity contribution in [2.45, 2.75) is 71.8 Å². The first-order chi connectivity index (χ1) is 22.0. The van der Waals surface area contributed by atoms with Crippen molar-refractivity contribution in [2.75, 3.05) is 25.6 Å². The second-order valence-corrected chi connectivity index (χ2v) is 14.5. The third-order valence-corrected chi connectivity index (χ3v) is 8.77. The van der Waals surface area contributed by atoms with Gasteiger partial charge in [0.1, 0.15) is 18.4 Å². The molecule has 3 heterocycles. The number of imidazole rings is 1. The third kappa shape index (κ3) is 7.81. The summed E-state index contributed by atoms with van der Waals surface area (Å²) in [6.07, 6.45) is -1.18. The Labute approximate surface area is 270 Å². The highest BCUT2D eigenvalue weighted by Gasteiger charge is 2.57. The highest BCUT2D eigenvalue weighted by atomic mass is 31.2. The van der Waals surface area contributed by atoms with Crippen LogP contribution in [0.3, 0.4) is 0 Å². The molecule has 2 aromatic carbocycles. The predicted octanol–water partition coefficient (Wildman–Crippen LogP) is 6.04. The number of benzene rings is 2. The van der Waals surface area contributed by atoms with Gasteiger partial charge in [-0.15, -0.1) is 0 Å². The number of nitrogens with zero attached hydrogens (tertiary/aromatic N) is 4. The van der Waals surface area contributed by atoms with E-state index in [1.165, 1.54) is 17.8 Å². The van der Waals surface area contributed by atoms with Crippen LogP contribution in [0.15, 0.2) is 48.8 Å². The maximum absolute atomic E-state index is 16.4. The minimum atomic E-state index is -4.56. The van der Waals surface area contributed by atoms with Crippen LogP contribution in [0.2, 0.25) is 0 Å². The average Bonchev–Trinajstić information content (AvgIpc) is 3.51. The topological polar surface area (TPSA) is 162 Å². The molecule has 0 amide bonds. The number of nitrogens with two attached hydrogens (primary N) is 1. The highest BCUT2D eigenvalue weighted by molar-refractivity contribution is 7.52. The van der Waals surface area contributed by atoms with Crippen LogP contribution in [-0.2, 0) is 23.4 Å². The van der Waals surface area contributed by atoms with Gasteiger partial charge in [-0.05, 0) is 37.6 Å². The van der Waals surface area contributed by atoms with Crippen LogP contribution in [0.5, 0.6) is 11.6 Å². The SMILES string of the molecule is CCOc1nc(N)nc2c1ncn2[C@@H]1O[C@](F)(COP(=O)(NC(C)C(=O)OCC(C)(C)C)Oc2cccc3ccccc23)C[C@@]1(C)F. The minimum Gasteiger partial charge on any atom is -0.476 e. The molecule has 1 aliphatic heterocycles. The molecule has 0 bridgehead atoms. The minimum absolute atomic E-state index is 0.0641.